The molecular formula is C10H16N4O2. The van der Waals surface area contributed by atoms with Crippen LogP contribution >= 0.6 is 0 Å². The minimum atomic E-state index is -0.581. The Balaban J connectivity index is 2.29. The van der Waals surface area contributed by atoms with E-state index < -0.39 is 5.91 Å². The molecule has 0 saturated carbocycles. The van der Waals surface area contributed by atoms with Gasteiger partial charge in [-0.25, -0.2) is 0 Å². The van der Waals surface area contributed by atoms with Gasteiger partial charge in [0, 0.05) is 13.2 Å². The summed E-state index contributed by atoms with van der Waals surface area (Å²) in [6.45, 7) is 0.998. The lowest BCUT2D eigenvalue weighted by molar-refractivity contribution is 0.0994. The molecule has 1 heterocycles. The SMILES string of the molecule is NC(=O)c1ccc(NCCCCCO)nn1. The number of unbranched alkanes of at least 4 members (excludes halogenated alkanes) is 2. The molecule has 0 aliphatic heterocycles. The van der Waals surface area contributed by atoms with Crippen molar-refractivity contribution < 1.29 is 9.90 Å². The molecule has 1 amide bonds. The molecule has 0 aliphatic rings. The number of nitrogens with zero attached hydrogens (tertiary/aromatic N) is 2. The molecule has 0 radical (unpaired) electrons. The van der Waals surface area contributed by atoms with Crippen molar-refractivity contribution in [2.24, 2.45) is 5.73 Å². The molecule has 0 fully saturated rings. The lowest BCUT2D eigenvalue weighted by Crippen LogP contribution is -2.14. The Morgan fingerprint density at radius 1 is 1.31 bits per heavy atom. The number of anilines is 1. The first-order chi connectivity index (χ1) is 7.74. The first-order valence-corrected chi connectivity index (χ1v) is 5.22. The summed E-state index contributed by atoms with van der Waals surface area (Å²) >= 11 is 0. The highest BCUT2D eigenvalue weighted by molar-refractivity contribution is 5.90. The second kappa shape index (κ2) is 6.73. The topological polar surface area (TPSA) is 101 Å². The van der Waals surface area contributed by atoms with Gasteiger partial charge in [0.15, 0.2) is 5.69 Å². The van der Waals surface area contributed by atoms with Crippen molar-refractivity contribution in [2.45, 2.75) is 19.3 Å². The van der Waals surface area contributed by atoms with Gasteiger partial charge < -0.3 is 16.2 Å². The van der Waals surface area contributed by atoms with Crippen LogP contribution in [0.3, 0.4) is 0 Å². The highest BCUT2D eigenvalue weighted by Crippen LogP contribution is 2.02. The number of hydrogen-bond donors (Lipinski definition) is 3. The number of carbonyl (C=O) groups is 1. The quantitative estimate of drug-likeness (QED) is 0.572. The molecule has 0 bridgehead atoms. The molecule has 4 N–H and O–H groups in total. The predicted molar refractivity (Wildman–Crippen MR) is 60.0 cm³/mol. The highest BCUT2D eigenvalue weighted by atomic mass is 16.2. The monoisotopic (exact) mass is 224 g/mol. The first-order valence-electron chi connectivity index (χ1n) is 5.22. The average Bonchev–Trinajstić information content (AvgIpc) is 2.29. The number of aliphatic hydroxyl groups is 1. The molecular weight excluding hydrogens is 208 g/mol. The lowest BCUT2D eigenvalue weighted by Gasteiger charge is -2.04. The lowest BCUT2D eigenvalue weighted by atomic mass is 10.2. The second-order valence-corrected chi connectivity index (χ2v) is 3.38. The van der Waals surface area contributed by atoms with Crippen LogP contribution < -0.4 is 11.1 Å². The van der Waals surface area contributed by atoms with E-state index >= 15 is 0 Å². The van der Waals surface area contributed by atoms with E-state index in [0.717, 1.165) is 25.8 Å². The maximum Gasteiger partial charge on any atom is 0.269 e. The molecule has 0 saturated heterocycles. The van der Waals surface area contributed by atoms with Gasteiger partial charge in [-0.05, 0) is 31.4 Å². The Hall–Kier alpha value is -1.69. The molecule has 88 valence electrons. The zero-order chi connectivity index (χ0) is 11.8. The van der Waals surface area contributed by atoms with E-state index in [1.807, 2.05) is 0 Å². The molecule has 0 atom stereocenters. The van der Waals surface area contributed by atoms with Gasteiger partial charge in [0.05, 0.1) is 0 Å². The zero-order valence-electron chi connectivity index (χ0n) is 9.02. The number of hydrogen-bond acceptors (Lipinski definition) is 5. The molecule has 0 aromatic carbocycles. The molecule has 0 unspecified atom stereocenters. The van der Waals surface area contributed by atoms with Crippen LogP contribution in [0.2, 0.25) is 0 Å². The van der Waals surface area contributed by atoms with Gasteiger partial charge >= 0.3 is 0 Å². The molecule has 6 nitrogen and oxygen atoms in total. The molecule has 1 aromatic rings. The van der Waals surface area contributed by atoms with Crippen molar-refractivity contribution in [3.63, 3.8) is 0 Å². The third-order valence-electron chi connectivity index (χ3n) is 2.06. The molecule has 0 spiro atoms. The van der Waals surface area contributed by atoms with Crippen LogP contribution in [0.4, 0.5) is 5.82 Å². The zero-order valence-corrected chi connectivity index (χ0v) is 9.02. The number of nitrogens with two attached hydrogens (primary N) is 1. The Bertz CT molecular complexity index is 326. The molecule has 6 heteroatoms. The number of aliphatic hydroxyl groups excluding tert-OH is 1. The molecule has 16 heavy (non-hydrogen) atoms. The van der Waals surface area contributed by atoms with E-state index in [1.165, 1.54) is 6.07 Å². The standard InChI is InChI=1S/C10H16N4O2/c11-10(16)8-4-5-9(14-13-8)12-6-2-1-3-7-15/h4-5,15H,1-3,6-7H2,(H2,11,16)(H,12,14). The van der Waals surface area contributed by atoms with Crippen LogP contribution in [0.5, 0.6) is 0 Å². The summed E-state index contributed by atoms with van der Waals surface area (Å²) in [5, 5.41) is 19.1. The fourth-order valence-electron chi connectivity index (χ4n) is 1.19. The fraction of sp³-hybridized carbons (Fsp3) is 0.500. The highest BCUT2D eigenvalue weighted by Gasteiger charge is 2.02. The Morgan fingerprint density at radius 3 is 2.69 bits per heavy atom. The van der Waals surface area contributed by atoms with Gasteiger partial charge in [-0.3, -0.25) is 4.79 Å². The smallest absolute Gasteiger partial charge is 0.269 e. The molecule has 1 aromatic heterocycles. The van der Waals surface area contributed by atoms with E-state index in [2.05, 4.69) is 15.5 Å². The van der Waals surface area contributed by atoms with Crippen molar-refractivity contribution in [1.29, 1.82) is 0 Å². The third-order valence-corrected chi connectivity index (χ3v) is 2.06. The van der Waals surface area contributed by atoms with Crippen molar-refractivity contribution in [3.8, 4) is 0 Å². The predicted octanol–water partition coefficient (Wildman–Crippen LogP) is 0.150. The summed E-state index contributed by atoms with van der Waals surface area (Å²) in [6.07, 6.45) is 2.74. The normalized spacial score (nSPS) is 10.1. The van der Waals surface area contributed by atoms with Crippen molar-refractivity contribution in [1.82, 2.24) is 10.2 Å². The minimum absolute atomic E-state index is 0.158. The first kappa shape index (κ1) is 12.4. The van der Waals surface area contributed by atoms with E-state index in [0.29, 0.717) is 5.82 Å². The summed E-state index contributed by atoms with van der Waals surface area (Å²) in [4.78, 5) is 10.7. The Kier molecular flexibility index (Phi) is 5.21. The van der Waals surface area contributed by atoms with Gasteiger partial charge in [-0.15, -0.1) is 10.2 Å². The van der Waals surface area contributed by atoms with E-state index in [1.54, 1.807) is 6.07 Å². The van der Waals surface area contributed by atoms with Gasteiger partial charge in [-0.2, -0.15) is 0 Å². The third kappa shape index (κ3) is 4.22. The number of aromatic nitrogens is 2. The largest absolute Gasteiger partial charge is 0.396 e. The molecule has 0 aliphatic carbocycles. The Labute approximate surface area is 93.9 Å². The number of rotatable bonds is 7. The maximum absolute atomic E-state index is 10.7. The summed E-state index contributed by atoms with van der Waals surface area (Å²) < 4.78 is 0. The summed E-state index contributed by atoms with van der Waals surface area (Å²) in [6, 6.07) is 3.20. The van der Waals surface area contributed by atoms with E-state index in [9.17, 15) is 4.79 Å². The molecule has 1 rings (SSSR count). The van der Waals surface area contributed by atoms with Crippen LogP contribution in [0, 0.1) is 0 Å². The van der Waals surface area contributed by atoms with Gasteiger partial charge in [-0.1, -0.05) is 0 Å². The van der Waals surface area contributed by atoms with E-state index in [4.69, 9.17) is 10.8 Å². The van der Waals surface area contributed by atoms with Crippen LogP contribution in [0.15, 0.2) is 12.1 Å². The number of amides is 1. The summed E-state index contributed by atoms with van der Waals surface area (Å²) in [7, 11) is 0. The van der Waals surface area contributed by atoms with Crippen LogP contribution in [-0.4, -0.2) is 34.4 Å². The van der Waals surface area contributed by atoms with Gasteiger partial charge in [0.1, 0.15) is 5.82 Å². The fourth-order valence-corrected chi connectivity index (χ4v) is 1.19. The van der Waals surface area contributed by atoms with Crippen molar-refractivity contribution in [3.05, 3.63) is 17.8 Å². The van der Waals surface area contributed by atoms with Crippen LogP contribution in [-0.2, 0) is 0 Å². The summed E-state index contributed by atoms with van der Waals surface area (Å²) in [5.41, 5.74) is 5.19. The van der Waals surface area contributed by atoms with Crippen molar-refractivity contribution in [2.75, 3.05) is 18.5 Å². The number of primary amides is 1. The summed E-state index contributed by atoms with van der Waals surface area (Å²) in [5.74, 6) is 0.0380. The maximum atomic E-state index is 10.7. The number of nitrogens with one attached hydrogen (secondary N) is 1. The average molecular weight is 224 g/mol. The van der Waals surface area contributed by atoms with Crippen LogP contribution in [0.25, 0.3) is 0 Å². The van der Waals surface area contributed by atoms with E-state index in [-0.39, 0.29) is 12.3 Å². The van der Waals surface area contributed by atoms with Crippen molar-refractivity contribution >= 4 is 11.7 Å². The van der Waals surface area contributed by atoms with Gasteiger partial charge in [0.2, 0.25) is 0 Å². The second-order valence-electron chi connectivity index (χ2n) is 3.38. The van der Waals surface area contributed by atoms with Gasteiger partial charge in [0.25, 0.3) is 5.91 Å². The van der Waals surface area contributed by atoms with Crippen LogP contribution in [0.1, 0.15) is 29.8 Å². The Morgan fingerprint density at radius 2 is 2.12 bits per heavy atom. The number of carbonyl (C=O) groups excluding carboxylic acids is 1. The minimum Gasteiger partial charge on any atom is -0.396 e.